The fourth-order valence-corrected chi connectivity index (χ4v) is 2.77. The van der Waals surface area contributed by atoms with E-state index in [4.69, 9.17) is 23.2 Å². The van der Waals surface area contributed by atoms with E-state index in [1.54, 1.807) is 26.0 Å². The number of hydrogen-bond acceptors (Lipinski definition) is 3. The van der Waals surface area contributed by atoms with Crippen LogP contribution in [-0.4, -0.2) is 15.9 Å². The summed E-state index contributed by atoms with van der Waals surface area (Å²) in [6.07, 6.45) is 0.550. The minimum Gasteiger partial charge on any atom is -0.350 e. The minimum absolute atomic E-state index is 0.145. The molecular weight excluding hydrogens is 349 g/mol. The normalized spacial score (nSPS) is 12.0. The average molecular weight is 368 g/mol. The van der Waals surface area contributed by atoms with Gasteiger partial charge < -0.3 is 10.3 Å². The Kier molecular flexibility index (Phi) is 6.02. The topological polar surface area (TPSA) is 74.8 Å². The molecule has 0 aliphatic rings. The zero-order chi connectivity index (χ0) is 17.9. The van der Waals surface area contributed by atoms with Crippen LogP contribution < -0.4 is 10.9 Å². The lowest BCUT2D eigenvalue weighted by Gasteiger charge is -2.15. The molecule has 1 unspecified atom stereocenters. The van der Waals surface area contributed by atoms with Crippen LogP contribution in [0, 0.1) is 13.8 Å². The zero-order valence-electron chi connectivity index (χ0n) is 13.7. The highest BCUT2D eigenvalue weighted by Gasteiger charge is 2.13. The molecule has 0 radical (unpaired) electrons. The van der Waals surface area contributed by atoms with Crippen LogP contribution in [0.5, 0.6) is 0 Å². The van der Waals surface area contributed by atoms with Gasteiger partial charge in [0.25, 0.3) is 5.56 Å². The van der Waals surface area contributed by atoms with Gasteiger partial charge in [-0.1, -0.05) is 29.3 Å². The first-order chi connectivity index (χ1) is 11.3. The second-order valence-corrected chi connectivity index (χ2v) is 6.49. The lowest BCUT2D eigenvalue weighted by molar-refractivity contribution is -0.121. The van der Waals surface area contributed by atoms with Gasteiger partial charge in [-0.25, -0.2) is 4.98 Å². The van der Waals surface area contributed by atoms with E-state index in [1.165, 1.54) is 0 Å². The smallest absolute Gasteiger partial charge is 0.254 e. The molecule has 0 saturated carbocycles. The monoisotopic (exact) mass is 367 g/mol. The van der Waals surface area contributed by atoms with Crippen LogP contribution >= 0.6 is 23.2 Å². The molecule has 2 rings (SSSR count). The molecule has 24 heavy (non-hydrogen) atoms. The Labute approximate surface area is 150 Å². The number of nitrogens with zero attached hydrogens (tertiary/aromatic N) is 1. The zero-order valence-corrected chi connectivity index (χ0v) is 15.3. The van der Waals surface area contributed by atoms with Gasteiger partial charge in [0.05, 0.1) is 16.1 Å². The molecule has 2 N–H and O–H groups in total. The van der Waals surface area contributed by atoms with Crippen molar-refractivity contribution >= 4 is 29.1 Å². The van der Waals surface area contributed by atoms with Crippen LogP contribution in [-0.2, 0) is 11.2 Å². The van der Waals surface area contributed by atoms with E-state index in [-0.39, 0.29) is 23.9 Å². The lowest BCUT2D eigenvalue weighted by Crippen LogP contribution is -2.28. The highest BCUT2D eigenvalue weighted by molar-refractivity contribution is 6.42. The number of rotatable bonds is 5. The van der Waals surface area contributed by atoms with Gasteiger partial charge in [-0.3, -0.25) is 9.59 Å². The highest BCUT2D eigenvalue weighted by Crippen LogP contribution is 2.25. The van der Waals surface area contributed by atoms with E-state index in [9.17, 15) is 9.59 Å². The van der Waals surface area contributed by atoms with E-state index < -0.39 is 0 Å². The van der Waals surface area contributed by atoms with Crippen molar-refractivity contribution in [2.75, 3.05) is 0 Å². The van der Waals surface area contributed by atoms with Crippen molar-refractivity contribution < 1.29 is 4.79 Å². The Morgan fingerprint density at radius 2 is 2.00 bits per heavy atom. The number of aromatic nitrogens is 2. The molecule has 2 aromatic rings. The summed E-state index contributed by atoms with van der Waals surface area (Å²) in [5, 5.41) is 3.81. The van der Waals surface area contributed by atoms with Crippen LogP contribution in [0.25, 0.3) is 0 Å². The standard InChI is InChI=1S/C17H19Cl2N3O2/c1-9(12-4-6-14(18)15(19)8-12)21-16(23)7-5-13-10(2)20-11(3)22-17(13)24/h4,6,8-9H,5,7H2,1-3H3,(H,21,23)(H,20,22,24). The van der Waals surface area contributed by atoms with Crippen molar-refractivity contribution in [1.29, 1.82) is 0 Å². The van der Waals surface area contributed by atoms with Gasteiger partial charge in [0.15, 0.2) is 0 Å². The molecule has 1 aromatic carbocycles. The molecule has 128 valence electrons. The number of aromatic amines is 1. The second-order valence-electron chi connectivity index (χ2n) is 5.68. The molecule has 0 saturated heterocycles. The first kappa shape index (κ1) is 18.5. The van der Waals surface area contributed by atoms with E-state index in [1.807, 2.05) is 13.0 Å². The van der Waals surface area contributed by atoms with Crippen molar-refractivity contribution in [3.63, 3.8) is 0 Å². The van der Waals surface area contributed by atoms with Gasteiger partial charge in [-0.05, 0) is 44.9 Å². The Hall–Kier alpha value is -1.85. The lowest BCUT2D eigenvalue weighted by atomic mass is 10.1. The van der Waals surface area contributed by atoms with Gasteiger partial charge in [-0.2, -0.15) is 0 Å². The number of halogens is 2. The number of hydrogen-bond donors (Lipinski definition) is 2. The Balaban J connectivity index is 1.98. The summed E-state index contributed by atoms with van der Waals surface area (Å²) in [7, 11) is 0. The molecule has 0 spiro atoms. The molecule has 0 aliphatic carbocycles. The molecule has 1 aromatic heterocycles. The van der Waals surface area contributed by atoms with E-state index >= 15 is 0 Å². The molecule has 5 nitrogen and oxygen atoms in total. The Bertz CT molecular complexity index is 818. The predicted molar refractivity (Wildman–Crippen MR) is 95.7 cm³/mol. The van der Waals surface area contributed by atoms with Crippen LogP contribution in [0.15, 0.2) is 23.0 Å². The summed E-state index contributed by atoms with van der Waals surface area (Å²) in [5.74, 6) is 0.423. The van der Waals surface area contributed by atoms with Crippen molar-refractivity contribution in [2.45, 2.75) is 39.7 Å². The van der Waals surface area contributed by atoms with Crippen molar-refractivity contribution in [1.82, 2.24) is 15.3 Å². The first-order valence-electron chi connectivity index (χ1n) is 7.58. The number of aryl methyl sites for hydroxylation is 2. The van der Waals surface area contributed by atoms with Crippen molar-refractivity contribution in [3.05, 3.63) is 61.2 Å². The van der Waals surface area contributed by atoms with Gasteiger partial charge in [-0.15, -0.1) is 0 Å². The number of carbonyl (C=O) groups excluding carboxylic acids is 1. The maximum absolute atomic E-state index is 12.1. The Morgan fingerprint density at radius 1 is 1.29 bits per heavy atom. The maximum Gasteiger partial charge on any atom is 0.254 e. The number of amides is 1. The van der Waals surface area contributed by atoms with E-state index in [0.717, 1.165) is 5.56 Å². The largest absolute Gasteiger partial charge is 0.350 e. The minimum atomic E-state index is -0.206. The van der Waals surface area contributed by atoms with Crippen LogP contribution in [0.1, 0.15) is 42.0 Å². The predicted octanol–water partition coefficient (Wildman–Crippen LogP) is 3.50. The van der Waals surface area contributed by atoms with Crippen molar-refractivity contribution in [3.8, 4) is 0 Å². The fourth-order valence-electron chi connectivity index (χ4n) is 2.46. The average Bonchev–Trinajstić information content (AvgIpc) is 2.48. The molecule has 7 heteroatoms. The SMILES string of the molecule is Cc1nc(C)c(CCC(=O)NC(C)c2ccc(Cl)c(Cl)c2)c(=O)[nH]1. The van der Waals surface area contributed by atoms with Crippen molar-refractivity contribution in [2.24, 2.45) is 0 Å². The third-order valence-corrected chi connectivity index (χ3v) is 4.50. The van der Waals surface area contributed by atoms with Crippen LogP contribution in [0.2, 0.25) is 10.0 Å². The third-order valence-electron chi connectivity index (χ3n) is 3.76. The molecule has 1 atom stereocenters. The second kappa shape index (κ2) is 7.81. The molecule has 0 fully saturated rings. The maximum atomic E-state index is 12.1. The van der Waals surface area contributed by atoms with Gasteiger partial charge in [0.1, 0.15) is 5.82 Å². The third kappa shape index (κ3) is 4.58. The van der Waals surface area contributed by atoms with Crippen LogP contribution in [0.4, 0.5) is 0 Å². The molecule has 1 heterocycles. The number of nitrogens with one attached hydrogen (secondary N) is 2. The fraction of sp³-hybridized carbons (Fsp3) is 0.353. The van der Waals surface area contributed by atoms with Gasteiger partial charge >= 0.3 is 0 Å². The summed E-state index contributed by atoms with van der Waals surface area (Å²) in [4.78, 5) is 31.0. The summed E-state index contributed by atoms with van der Waals surface area (Å²) >= 11 is 11.9. The van der Waals surface area contributed by atoms with Gasteiger partial charge in [0.2, 0.25) is 5.91 Å². The molecular formula is C17H19Cl2N3O2. The highest BCUT2D eigenvalue weighted by atomic mass is 35.5. The number of H-pyrrole nitrogens is 1. The summed E-state index contributed by atoms with van der Waals surface area (Å²) in [6.45, 7) is 5.36. The molecule has 0 aliphatic heterocycles. The molecule has 1 amide bonds. The van der Waals surface area contributed by atoms with E-state index in [0.29, 0.717) is 33.5 Å². The summed E-state index contributed by atoms with van der Waals surface area (Å²) in [5.41, 5.74) is 1.87. The summed E-state index contributed by atoms with van der Waals surface area (Å²) in [6, 6.07) is 5.04. The first-order valence-corrected chi connectivity index (χ1v) is 8.34. The molecule has 0 bridgehead atoms. The number of carbonyl (C=O) groups is 1. The Morgan fingerprint density at radius 3 is 2.62 bits per heavy atom. The number of benzene rings is 1. The van der Waals surface area contributed by atoms with Gasteiger partial charge in [0, 0.05) is 17.7 Å². The van der Waals surface area contributed by atoms with E-state index in [2.05, 4.69) is 15.3 Å². The van der Waals surface area contributed by atoms with Crippen LogP contribution in [0.3, 0.4) is 0 Å². The summed E-state index contributed by atoms with van der Waals surface area (Å²) < 4.78 is 0. The quantitative estimate of drug-likeness (QED) is 0.848.